The lowest BCUT2D eigenvalue weighted by Gasteiger charge is -2.12. The van der Waals surface area contributed by atoms with Crippen LogP contribution in [0.2, 0.25) is 0 Å². The third kappa shape index (κ3) is 4.44. The highest BCUT2D eigenvalue weighted by Crippen LogP contribution is 2.37. The van der Waals surface area contributed by atoms with Gasteiger partial charge in [-0.05, 0) is 50.2 Å². The third-order valence-electron chi connectivity index (χ3n) is 5.26. The van der Waals surface area contributed by atoms with Gasteiger partial charge in [-0.15, -0.1) is 0 Å². The molecule has 0 amide bonds. The van der Waals surface area contributed by atoms with Crippen LogP contribution in [0.15, 0.2) is 107 Å². The Kier molecular flexibility index (Phi) is 6.13. The van der Waals surface area contributed by atoms with Crippen molar-refractivity contribution in [2.75, 3.05) is 0 Å². The molecule has 0 saturated heterocycles. The van der Waals surface area contributed by atoms with Crippen LogP contribution in [0.5, 0.6) is 11.5 Å². The number of rotatable bonds is 5. The van der Waals surface area contributed by atoms with Crippen LogP contribution in [-0.4, -0.2) is 21.6 Å². The topological polar surface area (TPSA) is 65.2 Å². The van der Waals surface area contributed by atoms with Crippen LogP contribution in [-0.2, 0) is 0 Å². The first kappa shape index (κ1) is 21.1. The fraction of sp³-hybridized carbons (Fsp3) is 0.0714. The smallest absolute Gasteiger partial charge is 0.124 e. The average molecular weight is 421 g/mol. The molecule has 4 rings (SSSR count). The molecule has 4 heteroatoms. The number of hydrogen-bond acceptors (Lipinski definition) is 4. The van der Waals surface area contributed by atoms with E-state index in [1.807, 2.05) is 86.6 Å². The van der Waals surface area contributed by atoms with Crippen molar-refractivity contribution < 1.29 is 10.2 Å². The first-order valence-corrected chi connectivity index (χ1v) is 10.4. The molecule has 4 aromatic rings. The molecule has 0 fully saturated rings. The van der Waals surface area contributed by atoms with Gasteiger partial charge in [0.1, 0.15) is 11.5 Å². The van der Waals surface area contributed by atoms with E-state index in [2.05, 4.69) is 0 Å². The summed E-state index contributed by atoms with van der Waals surface area (Å²) in [5.74, 6) is 0.407. The number of nitrogens with zero attached hydrogens (tertiary/aromatic N) is 2. The Hall–Kier alpha value is -4.18. The second-order valence-corrected chi connectivity index (χ2v) is 7.46. The molecular formula is C28H24N2O2. The van der Waals surface area contributed by atoms with Crippen LogP contribution in [0.1, 0.15) is 25.0 Å². The Bertz CT molecular complexity index is 1220. The van der Waals surface area contributed by atoms with Crippen LogP contribution in [0.25, 0.3) is 11.1 Å². The van der Waals surface area contributed by atoms with Crippen molar-refractivity contribution in [2.45, 2.75) is 13.8 Å². The van der Waals surface area contributed by atoms with Gasteiger partial charge in [-0.3, -0.25) is 9.98 Å². The summed E-state index contributed by atoms with van der Waals surface area (Å²) >= 11 is 0. The molecular weight excluding hydrogens is 396 g/mol. The van der Waals surface area contributed by atoms with Gasteiger partial charge in [0, 0.05) is 33.7 Å². The summed E-state index contributed by atoms with van der Waals surface area (Å²) < 4.78 is 0. The molecule has 4 nitrogen and oxygen atoms in total. The van der Waals surface area contributed by atoms with E-state index in [9.17, 15) is 10.2 Å². The minimum atomic E-state index is 0.203. The summed E-state index contributed by atoms with van der Waals surface area (Å²) in [7, 11) is 0. The number of phenols is 2. The molecule has 158 valence electrons. The van der Waals surface area contributed by atoms with E-state index < -0.39 is 0 Å². The van der Waals surface area contributed by atoms with Crippen molar-refractivity contribution in [3.63, 3.8) is 0 Å². The molecule has 0 bridgehead atoms. The molecule has 2 N–H and O–H groups in total. The molecule has 0 atom stereocenters. The predicted octanol–water partition coefficient (Wildman–Crippen LogP) is 7.05. The molecule has 0 spiro atoms. The van der Waals surface area contributed by atoms with Crippen molar-refractivity contribution in [1.82, 2.24) is 0 Å². The summed E-state index contributed by atoms with van der Waals surface area (Å²) in [6.45, 7) is 3.77. The number of phenolic OH excluding ortho intramolecular Hbond substituents is 2. The van der Waals surface area contributed by atoms with Gasteiger partial charge in [-0.25, -0.2) is 0 Å². The normalized spacial score (nSPS) is 12.1. The quantitative estimate of drug-likeness (QED) is 0.340. The maximum atomic E-state index is 10.2. The molecule has 0 radical (unpaired) electrons. The van der Waals surface area contributed by atoms with Crippen LogP contribution < -0.4 is 0 Å². The molecule has 0 saturated carbocycles. The largest absolute Gasteiger partial charge is 0.507 e. The fourth-order valence-electron chi connectivity index (χ4n) is 3.64. The number of para-hydroxylation sites is 4. The Labute approximate surface area is 187 Å². The van der Waals surface area contributed by atoms with Crippen LogP contribution >= 0.6 is 0 Å². The highest BCUT2D eigenvalue weighted by molar-refractivity contribution is 6.05. The van der Waals surface area contributed by atoms with Gasteiger partial charge in [0.25, 0.3) is 0 Å². The van der Waals surface area contributed by atoms with Crippen molar-refractivity contribution >= 4 is 22.8 Å². The first-order valence-electron chi connectivity index (χ1n) is 10.4. The summed E-state index contributed by atoms with van der Waals surface area (Å²) in [6, 6.07) is 30.1. The molecule has 4 aromatic carbocycles. The minimum absolute atomic E-state index is 0.203. The van der Waals surface area contributed by atoms with Gasteiger partial charge < -0.3 is 10.2 Å². The van der Waals surface area contributed by atoms with E-state index in [0.717, 1.165) is 33.9 Å². The maximum absolute atomic E-state index is 10.2. The lowest BCUT2D eigenvalue weighted by Crippen LogP contribution is -1.95. The summed E-state index contributed by atoms with van der Waals surface area (Å²) in [5, 5.41) is 20.4. The second kappa shape index (κ2) is 9.31. The SMILES string of the molecule is CC(=Nc1ccccc1-c1ccccc1N=C(C)c1ccccc1O)c1ccccc1O. The summed E-state index contributed by atoms with van der Waals surface area (Å²) in [5.41, 5.74) is 6.29. The van der Waals surface area contributed by atoms with E-state index >= 15 is 0 Å². The highest BCUT2D eigenvalue weighted by Gasteiger charge is 2.11. The van der Waals surface area contributed by atoms with E-state index in [1.54, 1.807) is 24.3 Å². The summed E-state index contributed by atoms with van der Waals surface area (Å²) in [6.07, 6.45) is 0. The Balaban J connectivity index is 1.80. The van der Waals surface area contributed by atoms with Gasteiger partial charge in [0.2, 0.25) is 0 Å². The molecule has 0 aliphatic rings. The number of aliphatic imine (C=N–C) groups is 2. The zero-order valence-electron chi connectivity index (χ0n) is 18.0. The van der Waals surface area contributed by atoms with Gasteiger partial charge in [0.05, 0.1) is 11.4 Å². The molecule has 0 heterocycles. The van der Waals surface area contributed by atoms with Gasteiger partial charge in [-0.2, -0.15) is 0 Å². The zero-order chi connectivity index (χ0) is 22.5. The van der Waals surface area contributed by atoms with Crippen LogP contribution in [0.4, 0.5) is 11.4 Å². The van der Waals surface area contributed by atoms with Gasteiger partial charge >= 0.3 is 0 Å². The van der Waals surface area contributed by atoms with E-state index in [0.29, 0.717) is 11.1 Å². The third-order valence-corrected chi connectivity index (χ3v) is 5.26. The monoisotopic (exact) mass is 420 g/mol. The Morgan fingerprint density at radius 1 is 0.500 bits per heavy atom. The van der Waals surface area contributed by atoms with Crippen LogP contribution in [0.3, 0.4) is 0 Å². The lowest BCUT2D eigenvalue weighted by atomic mass is 10.0. The molecule has 0 aliphatic carbocycles. The van der Waals surface area contributed by atoms with Gasteiger partial charge in [-0.1, -0.05) is 60.7 Å². The van der Waals surface area contributed by atoms with E-state index in [-0.39, 0.29) is 11.5 Å². The maximum Gasteiger partial charge on any atom is 0.124 e. The molecule has 0 aromatic heterocycles. The van der Waals surface area contributed by atoms with Crippen LogP contribution in [0, 0.1) is 0 Å². The molecule has 0 unspecified atom stereocenters. The van der Waals surface area contributed by atoms with Crippen molar-refractivity contribution in [3.8, 4) is 22.6 Å². The predicted molar refractivity (Wildman–Crippen MR) is 132 cm³/mol. The Morgan fingerprint density at radius 3 is 1.25 bits per heavy atom. The average Bonchev–Trinajstić information content (AvgIpc) is 2.80. The minimum Gasteiger partial charge on any atom is -0.507 e. The van der Waals surface area contributed by atoms with E-state index in [4.69, 9.17) is 9.98 Å². The lowest BCUT2D eigenvalue weighted by molar-refractivity contribution is 0.473. The molecule has 32 heavy (non-hydrogen) atoms. The van der Waals surface area contributed by atoms with E-state index in [1.165, 1.54) is 0 Å². The summed E-state index contributed by atoms with van der Waals surface area (Å²) in [4.78, 5) is 9.65. The van der Waals surface area contributed by atoms with Gasteiger partial charge in [0.15, 0.2) is 0 Å². The molecule has 0 aliphatic heterocycles. The number of benzene rings is 4. The first-order chi connectivity index (χ1) is 15.5. The van der Waals surface area contributed by atoms with Crippen molar-refractivity contribution in [1.29, 1.82) is 0 Å². The highest BCUT2D eigenvalue weighted by atomic mass is 16.3. The Morgan fingerprint density at radius 2 is 0.844 bits per heavy atom. The zero-order valence-corrected chi connectivity index (χ0v) is 18.0. The number of hydrogen-bond donors (Lipinski definition) is 2. The standard InChI is InChI=1S/C28H24N2O2/c1-19(21-11-5-9-17-27(21)31)29-25-15-7-3-13-23(25)24-14-4-8-16-26(24)30-20(2)22-12-6-10-18-28(22)32/h3-18,31-32H,1-2H3. The van der Waals surface area contributed by atoms with Crippen molar-refractivity contribution in [2.24, 2.45) is 9.98 Å². The second-order valence-electron chi connectivity index (χ2n) is 7.46. The fourth-order valence-corrected chi connectivity index (χ4v) is 3.64. The number of aromatic hydroxyl groups is 2. The van der Waals surface area contributed by atoms with Crippen molar-refractivity contribution in [3.05, 3.63) is 108 Å².